The zero-order valence-electron chi connectivity index (χ0n) is 13.3. The third-order valence-corrected chi connectivity index (χ3v) is 3.72. The van der Waals surface area contributed by atoms with Gasteiger partial charge in [-0.1, -0.05) is 49.2 Å². The van der Waals surface area contributed by atoms with Crippen LogP contribution in [-0.4, -0.2) is 5.91 Å². The molecule has 2 rings (SSSR count). The molecule has 21 heavy (non-hydrogen) atoms. The fraction of sp³-hybridized carbons (Fsp3) is 0.316. The fourth-order valence-corrected chi connectivity index (χ4v) is 2.69. The van der Waals surface area contributed by atoms with Crippen LogP contribution in [0.25, 0.3) is 0 Å². The van der Waals surface area contributed by atoms with Gasteiger partial charge in [0.15, 0.2) is 0 Å². The van der Waals surface area contributed by atoms with E-state index in [4.69, 9.17) is 0 Å². The van der Waals surface area contributed by atoms with Gasteiger partial charge >= 0.3 is 0 Å². The van der Waals surface area contributed by atoms with Crippen molar-refractivity contribution in [1.82, 2.24) is 0 Å². The van der Waals surface area contributed by atoms with Crippen molar-refractivity contribution in [2.45, 2.75) is 40.5 Å². The van der Waals surface area contributed by atoms with E-state index in [1.54, 1.807) is 0 Å². The van der Waals surface area contributed by atoms with Gasteiger partial charge in [0.2, 0.25) is 0 Å². The first-order chi connectivity index (χ1) is 10.0. The smallest absolute Gasteiger partial charge is 0.255 e. The summed E-state index contributed by atoms with van der Waals surface area (Å²) in [5.74, 6) is -0.0302. The van der Waals surface area contributed by atoms with E-state index in [1.807, 2.05) is 26.0 Å². The normalized spacial score (nSPS) is 10.5. The number of hydrogen-bond donors (Lipinski definition) is 1. The second kappa shape index (κ2) is 6.57. The summed E-state index contributed by atoms with van der Waals surface area (Å²) in [5.41, 5.74) is 6.30. The van der Waals surface area contributed by atoms with E-state index in [1.165, 1.54) is 11.1 Å². The summed E-state index contributed by atoms with van der Waals surface area (Å²) >= 11 is 0. The van der Waals surface area contributed by atoms with E-state index in [-0.39, 0.29) is 5.91 Å². The Morgan fingerprint density at radius 2 is 1.48 bits per heavy atom. The predicted octanol–water partition coefficient (Wildman–Crippen LogP) is 4.68. The minimum Gasteiger partial charge on any atom is -0.321 e. The van der Waals surface area contributed by atoms with E-state index in [0.717, 1.165) is 35.2 Å². The molecule has 0 atom stereocenters. The molecule has 0 bridgehead atoms. The van der Waals surface area contributed by atoms with Crippen molar-refractivity contribution in [2.75, 3.05) is 5.32 Å². The Bertz CT molecular complexity index is 616. The van der Waals surface area contributed by atoms with Gasteiger partial charge in [-0.3, -0.25) is 4.79 Å². The Labute approximate surface area is 127 Å². The molecule has 1 amide bonds. The molecule has 0 aromatic heterocycles. The molecule has 110 valence electrons. The number of anilines is 1. The number of para-hydroxylation sites is 1. The standard InChI is InChI=1S/C19H23NO/c1-5-15-8-7-9-16(6-2)18(15)20-19(21)17-11-13(3)10-14(4)12-17/h7-12H,5-6H2,1-4H3,(H,20,21). The fourth-order valence-electron chi connectivity index (χ4n) is 2.69. The number of hydrogen-bond acceptors (Lipinski definition) is 1. The Hall–Kier alpha value is -2.09. The monoisotopic (exact) mass is 281 g/mol. The lowest BCUT2D eigenvalue weighted by Gasteiger charge is -2.15. The van der Waals surface area contributed by atoms with Crippen molar-refractivity contribution < 1.29 is 4.79 Å². The lowest BCUT2D eigenvalue weighted by atomic mass is 10.0. The number of benzene rings is 2. The largest absolute Gasteiger partial charge is 0.321 e. The quantitative estimate of drug-likeness (QED) is 0.866. The van der Waals surface area contributed by atoms with Gasteiger partial charge in [0.25, 0.3) is 5.91 Å². The van der Waals surface area contributed by atoms with Crippen molar-refractivity contribution in [3.63, 3.8) is 0 Å². The second-order valence-corrected chi connectivity index (χ2v) is 5.49. The van der Waals surface area contributed by atoms with Crippen LogP contribution < -0.4 is 5.32 Å². The van der Waals surface area contributed by atoms with E-state index >= 15 is 0 Å². The third-order valence-electron chi connectivity index (χ3n) is 3.72. The first kappa shape index (κ1) is 15.3. The van der Waals surface area contributed by atoms with Gasteiger partial charge in [0, 0.05) is 11.3 Å². The van der Waals surface area contributed by atoms with E-state index < -0.39 is 0 Å². The highest BCUT2D eigenvalue weighted by Gasteiger charge is 2.12. The van der Waals surface area contributed by atoms with Crippen molar-refractivity contribution in [3.05, 3.63) is 64.2 Å². The maximum Gasteiger partial charge on any atom is 0.255 e. The summed E-state index contributed by atoms with van der Waals surface area (Å²) < 4.78 is 0. The minimum absolute atomic E-state index is 0.0302. The molecule has 0 heterocycles. The molecule has 0 saturated carbocycles. The van der Waals surface area contributed by atoms with Crippen LogP contribution in [0.15, 0.2) is 36.4 Å². The van der Waals surface area contributed by atoms with Gasteiger partial charge < -0.3 is 5.32 Å². The first-order valence-corrected chi connectivity index (χ1v) is 7.55. The number of nitrogens with one attached hydrogen (secondary N) is 1. The Morgan fingerprint density at radius 3 is 1.95 bits per heavy atom. The number of carbonyl (C=O) groups excluding carboxylic acids is 1. The summed E-state index contributed by atoms with van der Waals surface area (Å²) in [7, 11) is 0. The maximum absolute atomic E-state index is 12.5. The highest BCUT2D eigenvalue weighted by atomic mass is 16.1. The lowest BCUT2D eigenvalue weighted by Crippen LogP contribution is -2.15. The lowest BCUT2D eigenvalue weighted by molar-refractivity contribution is 0.102. The van der Waals surface area contributed by atoms with E-state index in [9.17, 15) is 4.79 Å². The van der Waals surface area contributed by atoms with Gasteiger partial charge in [0.05, 0.1) is 0 Å². The molecular formula is C19H23NO. The zero-order valence-corrected chi connectivity index (χ0v) is 13.3. The molecule has 0 aliphatic carbocycles. The summed E-state index contributed by atoms with van der Waals surface area (Å²) in [5, 5.41) is 3.11. The molecule has 2 aromatic carbocycles. The zero-order chi connectivity index (χ0) is 15.4. The van der Waals surface area contributed by atoms with Crippen LogP contribution in [0.4, 0.5) is 5.69 Å². The highest BCUT2D eigenvalue weighted by Crippen LogP contribution is 2.23. The minimum atomic E-state index is -0.0302. The molecule has 2 aromatic rings. The molecule has 0 unspecified atom stereocenters. The van der Waals surface area contributed by atoms with Crippen molar-refractivity contribution in [1.29, 1.82) is 0 Å². The third kappa shape index (κ3) is 3.52. The molecule has 0 radical (unpaired) electrons. The van der Waals surface area contributed by atoms with E-state index in [2.05, 4.69) is 43.4 Å². The molecule has 0 fully saturated rings. The van der Waals surface area contributed by atoms with Gasteiger partial charge in [-0.25, -0.2) is 0 Å². The van der Waals surface area contributed by atoms with Gasteiger partial charge in [-0.15, -0.1) is 0 Å². The van der Waals surface area contributed by atoms with Crippen LogP contribution in [0, 0.1) is 13.8 Å². The number of rotatable bonds is 4. The SMILES string of the molecule is CCc1cccc(CC)c1NC(=O)c1cc(C)cc(C)c1. The summed E-state index contributed by atoms with van der Waals surface area (Å²) in [4.78, 5) is 12.5. The molecule has 2 heteroatoms. The van der Waals surface area contributed by atoms with Gasteiger partial charge in [0.1, 0.15) is 0 Å². The molecule has 0 spiro atoms. The van der Waals surface area contributed by atoms with Crippen LogP contribution in [0.2, 0.25) is 0 Å². The highest BCUT2D eigenvalue weighted by molar-refractivity contribution is 6.05. The summed E-state index contributed by atoms with van der Waals surface area (Å²) in [6, 6.07) is 12.2. The second-order valence-electron chi connectivity index (χ2n) is 5.49. The van der Waals surface area contributed by atoms with Gasteiger partial charge in [-0.2, -0.15) is 0 Å². The van der Waals surface area contributed by atoms with Crippen LogP contribution >= 0.6 is 0 Å². The average Bonchev–Trinajstić information content (AvgIpc) is 2.46. The number of aryl methyl sites for hydroxylation is 4. The maximum atomic E-state index is 12.5. The average molecular weight is 281 g/mol. The molecule has 1 N–H and O–H groups in total. The molecule has 2 nitrogen and oxygen atoms in total. The summed E-state index contributed by atoms with van der Waals surface area (Å²) in [6.45, 7) is 8.25. The summed E-state index contributed by atoms with van der Waals surface area (Å²) in [6.07, 6.45) is 1.83. The van der Waals surface area contributed by atoms with Crippen molar-refractivity contribution in [2.24, 2.45) is 0 Å². The molecule has 0 aliphatic rings. The molecule has 0 aliphatic heterocycles. The topological polar surface area (TPSA) is 29.1 Å². The van der Waals surface area contributed by atoms with Crippen LogP contribution in [0.3, 0.4) is 0 Å². The molecule has 0 saturated heterocycles. The number of carbonyl (C=O) groups is 1. The van der Waals surface area contributed by atoms with Crippen molar-refractivity contribution in [3.8, 4) is 0 Å². The number of amides is 1. The van der Waals surface area contributed by atoms with Crippen molar-refractivity contribution >= 4 is 11.6 Å². The predicted molar refractivity (Wildman–Crippen MR) is 89.1 cm³/mol. The molecular weight excluding hydrogens is 258 g/mol. The van der Waals surface area contributed by atoms with E-state index in [0.29, 0.717) is 0 Å². The first-order valence-electron chi connectivity index (χ1n) is 7.55. The Morgan fingerprint density at radius 1 is 0.952 bits per heavy atom. The Balaban J connectivity index is 2.35. The van der Waals surface area contributed by atoms with Crippen LogP contribution in [0.5, 0.6) is 0 Å². The van der Waals surface area contributed by atoms with Gasteiger partial charge in [-0.05, 0) is 49.9 Å². The van der Waals surface area contributed by atoms with Crippen LogP contribution in [0.1, 0.15) is 46.5 Å². The Kier molecular flexibility index (Phi) is 4.79. The van der Waals surface area contributed by atoms with Crippen LogP contribution in [-0.2, 0) is 12.8 Å².